The monoisotopic (exact) mass is 389 g/mol. The van der Waals surface area contributed by atoms with Gasteiger partial charge >= 0.3 is 5.97 Å². The van der Waals surface area contributed by atoms with Crippen molar-refractivity contribution in [2.24, 2.45) is 5.92 Å². The van der Waals surface area contributed by atoms with Gasteiger partial charge in [-0.25, -0.2) is 4.79 Å². The fourth-order valence-corrected chi connectivity index (χ4v) is 3.59. The molecule has 1 aliphatic rings. The molecule has 0 aliphatic carbocycles. The Hall–Kier alpha value is -2.68. The van der Waals surface area contributed by atoms with Crippen LogP contribution in [0.15, 0.2) is 24.5 Å². The summed E-state index contributed by atoms with van der Waals surface area (Å²) in [6.07, 6.45) is 4.99. The molecule has 2 N–H and O–H groups in total. The Bertz CT molecular complexity index is 830. The van der Waals surface area contributed by atoms with Crippen LogP contribution in [0.1, 0.15) is 49.3 Å². The number of likely N-dealkylation sites (tertiary alicyclic amines) is 1. The van der Waals surface area contributed by atoms with Gasteiger partial charge in [-0.1, -0.05) is 25.5 Å². The van der Waals surface area contributed by atoms with Crippen LogP contribution in [-0.2, 0) is 17.9 Å². The lowest BCUT2D eigenvalue weighted by Gasteiger charge is -2.28. The van der Waals surface area contributed by atoms with Gasteiger partial charge in [0.15, 0.2) is 0 Å². The number of aliphatic hydroxyl groups is 1. The van der Waals surface area contributed by atoms with E-state index >= 15 is 0 Å². The van der Waals surface area contributed by atoms with Crippen molar-refractivity contribution in [3.63, 3.8) is 0 Å². The number of rotatable bonds is 8. The van der Waals surface area contributed by atoms with Crippen molar-refractivity contribution < 1.29 is 19.8 Å². The highest BCUT2D eigenvalue weighted by atomic mass is 16.4. The van der Waals surface area contributed by atoms with Crippen molar-refractivity contribution in [1.82, 2.24) is 24.5 Å². The lowest BCUT2D eigenvalue weighted by atomic mass is 10.0. The molecule has 0 aromatic carbocycles. The van der Waals surface area contributed by atoms with E-state index in [-0.39, 0.29) is 23.6 Å². The minimum atomic E-state index is -0.989. The summed E-state index contributed by atoms with van der Waals surface area (Å²) in [5, 5.41) is 27.7. The maximum atomic E-state index is 12.6. The van der Waals surface area contributed by atoms with Gasteiger partial charge in [-0.3, -0.25) is 9.48 Å². The Morgan fingerprint density at radius 3 is 2.89 bits per heavy atom. The molecule has 9 nitrogen and oxygen atoms in total. The molecule has 3 heterocycles. The van der Waals surface area contributed by atoms with Crippen LogP contribution >= 0.6 is 0 Å². The zero-order valence-electron chi connectivity index (χ0n) is 16.2. The molecule has 0 spiro atoms. The number of aromatic nitrogens is 4. The highest BCUT2D eigenvalue weighted by molar-refractivity contribution is 5.85. The van der Waals surface area contributed by atoms with E-state index in [1.807, 2.05) is 13.8 Å². The average molecular weight is 389 g/mol. The zero-order valence-corrected chi connectivity index (χ0v) is 16.2. The lowest BCUT2D eigenvalue weighted by Crippen LogP contribution is -2.45. The summed E-state index contributed by atoms with van der Waals surface area (Å²) in [5.74, 6) is -1.27. The van der Waals surface area contributed by atoms with E-state index in [0.29, 0.717) is 25.3 Å². The molecule has 1 aliphatic heterocycles. The molecule has 1 unspecified atom stereocenters. The first kappa shape index (κ1) is 20.1. The normalized spacial score (nSPS) is 19.0. The number of hydrogen-bond donors (Lipinski definition) is 2. The summed E-state index contributed by atoms with van der Waals surface area (Å²) in [4.78, 5) is 25.6. The van der Waals surface area contributed by atoms with Crippen molar-refractivity contribution in [3.05, 3.63) is 35.9 Å². The molecule has 0 bridgehead atoms. The summed E-state index contributed by atoms with van der Waals surface area (Å²) < 4.78 is 3.29. The second-order valence-corrected chi connectivity index (χ2v) is 7.42. The van der Waals surface area contributed by atoms with E-state index in [9.17, 15) is 19.8 Å². The summed E-state index contributed by atoms with van der Waals surface area (Å²) in [6.45, 7) is 5.30. The molecule has 1 amide bonds. The molecule has 9 heteroatoms. The van der Waals surface area contributed by atoms with Crippen molar-refractivity contribution in [2.75, 3.05) is 6.54 Å². The van der Waals surface area contributed by atoms with Gasteiger partial charge in [-0.05, 0) is 30.9 Å². The van der Waals surface area contributed by atoms with Gasteiger partial charge < -0.3 is 19.7 Å². The molecule has 3 atom stereocenters. The minimum absolute atomic E-state index is 0.0260. The van der Waals surface area contributed by atoms with Gasteiger partial charge in [-0.2, -0.15) is 0 Å². The standard InChI is InChI=1S/C19H27N5O4/c1-3-13(2)17(25)18(26)24-9-4-6-15(24)12-23-11-14(20-21-23)10-22-8-5-7-16(22)19(27)28/h5,7-8,11,13,15,17,25H,3-4,6,9-10,12H2,1-2H3,(H,27,28)/t13-,15?,17+/m0/s1. The van der Waals surface area contributed by atoms with E-state index < -0.39 is 12.1 Å². The number of hydrogen-bond acceptors (Lipinski definition) is 5. The molecule has 0 radical (unpaired) electrons. The Labute approximate surface area is 163 Å². The number of amides is 1. The summed E-state index contributed by atoms with van der Waals surface area (Å²) in [6, 6.07) is 3.19. The number of aromatic carboxylic acids is 1. The maximum absolute atomic E-state index is 12.6. The van der Waals surface area contributed by atoms with Gasteiger partial charge in [0, 0.05) is 12.7 Å². The van der Waals surface area contributed by atoms with Gasteiger partial charge in [0.2, 0.25) is 0 Å². The average Bonchev–Trinajstić information content (AvgIpc) is 3.42. The van der Waals surface area contributed by atoms with Crippen LogP contribution in [0.2, 0.25) is 0 Å². The van der Waals surface area contributed by atoms with Crippen molar-refractivity contribution in [2.45, 2.75) is 58.3 Å². The summed E-state index contributed by atoms with van der Waals surface area (Å²) in [5.41, 5.74) is 0.843. The van der Waals surface area contributed by atoms with Crippen LogP contribution in [-0.4, -0.2) is 65.2 Å². The molecular formula is C19H27N5O4. The van der Waals surface area contributed by atoms with Crippen LogP contribution in [0.3, 0.4) is 0 Å². The Morgan fingerprint density at radius 1 is 1.39 bits per heavy atom. The number of carbonyl (C=O) groups is 2. The highest BCUT2D eigenvalue weighted by Gasteiger charge is 2.34. The van der Waals surface area contributed by atoms with Gasteiger partial charge in [0.25, 0.3) is 5.91 Å². The third kappa shape index (κ3) is 4.24. The van der Waals surface area contributed by atoms with Crippen LogP contribution in [0, 0.1) is 5.92 Å². The topological polar surface area (TPSA) is 113 Å². The van der Waals surface area contributed by atoms with Crippen LogP contribution in [0.4, 0.5) is 0 Å². The number of carboxylic acid groups (broad SMARTS) is 1. The fraction of sp³-hybridized carbons (Fsp3) is 0.579. The first-order valence-electron chi connectivity index (χ1n) is 9.66. The molecule has 2 aromatic heterocycles. The molecule has 152 valence electrons. The predicted molar refractivity (Wildman–Crippen MR) is 101 cm³/mol. The van der Waals surface area contributed by atoms with Gasteiger partial charge in [0.1, 0.15) is 17.5 Å². The minimum Gasteiger partial charge on any atom is -0.477 e. The molecule has 2 aromatic rings. The molecule has 1 saturated heterocycles. The fourth-order valence-electron chi connectivity index (χ4n) is 3.59. The molecule has 28 heavy (non-hydrogen) atoms. The van der Waals surface area contributed by atoms with Crippen molar-refractivity contribution >= 4 is 11.9 Å². The van der Waals surface area contributed by atoms with Crippen molar-refractivity contribution in [3.8, 4) is 0 Å². The SMILES string of the molecule is CC[C@H](C)[C@@H](O)C(=O)N1CCCC1Cn1cc(Cn2cccc2C(=O)O)nn1. The zero-order chi connectivity index (χ0) is 20.3. The Kier molecular flexibility index (Phi) is 6.13. The van der Waals surface area contributed by atoms with Gasteiger partial charge in [0.05, 0.1) is 25.3 Å². The Balaban J connectivity index is 1.65. The van der Waals surface area contributed by atoms with E-state index in [1.165, 1.54) is 6.07 Å². The smallest absolute Gasteiger partial charge is 0.352 e. The number of carboxylic acids is 1. The Morgan fingerprint density at radius 2 is 2.18 bits per heavy atom. The number of carbonyl (C=O) groups excluding carboxylic acids is 1. The highest BCUT2D eigenvalue weighted by Crippen LogP contribution is 2.22. The largest absolute Gasteiger partial charge is 0.477 e. The van der Waals surface area contributed by atoms with Crippen molar-refractivity contribution in [1.29, 1.82) is 0 Å². The quantitative estimate of drug-likeness (QED) is 0.702. The third-order valence-electron chi connectivity index (χ3n) is 5.46. The van der Waals surface area contributed by atoms with Gasteiger partial charge in [-0.15, -0.1) is 5.10 Å². The van der Waals surface area contributed by atoms with E-state index in [2.05, 4.69) is 10.3 Å². The summed E-state index contributed by atoms with van der Waals surface area (Å²) >= 11 is 0. The molecule has 0 saturated carbocycles. The van der Waals surface area contributed by atoms with E-state index in [1.54, 1.807) is 32.6 Å². The second-order valence-electron chi connectivity index (χ2n) is 7.42. The van der Waals surface area contributed by atoms with Crippen LogP contribution in [0.25, 0.3) is 0 Å². The summed E-state index contributed by atoms with van der Waals surface area (Å²) in [7, 11) is 0. The first-order chi connectivity index (χ1) is 13.4. The lowest BCUT2D eigenvalue weighted by molar-refractivity contribution is -0.143. The van der Waals surface area contributed by atoms with E-state index in [4.69, 9.17) is 0 Å². The molecule has 3 rings (SSSR count). The molecule has 1 fully saturated rings. The number of aliphatic hydroxyl groups excluding tert-OH is 1. The second kappa shape index (κ2) is 8.55. The number of nitrogens with zero attached hydrogens (tertiary/aromatic N) is 5. The third-order valence-corrected chi connectivity index (χ3v) is 5.46. The van der Waals surface area contributed by atoms with Crippen LogP contribution in [0.5, 0.6) is 0 Å². The maximum Gasteiger partial charge on any atom is 0.352 e. The van der Waals surface area contributed by atoms with Crippen LogP contribution < -0.4 is 0 Å². The first-order valence-corrected chi connectivity index (χ1v) is 9.66. The predicted octanol–water partition coefficient (Wildman–Crippen LogP) is 1.22. The van der Waals surface area contributed by atoms with E-state index in [0.717, 1.165) is 19.3 Å². The molecular weight excluding hydrogens is 362 g/mol.